The summed E-state index contributed by atoms with van der Waals surface area (Å²) in [5.41, 5.74) is 4.69. The summed E-state index contributed by atoms with van der Waals surface area (Å²) in [6.45, 7) is 0. The van der Waals surface area contributed by atoms with Crippen molar-refractivity contribution in [2.24, 2.45) is 0 Å². The third-order valence-electron chi connectivity index (χ3n) is 5.83. The summed E-state index contributed by atoms with van der Waals surface area (Å²) in [6, 6.07) is 7.69. The Morgan fingerprint density at radius 3 is 2.55 bits per heavy atom. The molecular formula is C23H18Cl3N3O3S. The van der Waals surface area contributed by atoms with E-state index in [1.54, 1.807) is 12.3 Å². The molecule has 3 heterocycles. The van der Waals surface area contributed by atoms with E-state index in [4.69, 9.17) is 39.2 Å². The molecule has 1 aromatic carbocycles. The normalized spacial score (nSPS) is 18.9. The first-order valence-corrected chi connectivity index (χ1v) is 12.5. The number of fused-ring (bicyclic) bond motifs is 1. The van der Waals surface area contributed by atoms with E-state index < -0.39 is 9.70 Å². The van der Waals surface area contributed by atoms with Gasteiger partial charge in [0.1, 0.15) is 5.52 Å². The van der Waals surface area contributed by atoms with Crippen LogP contribution in [-0.4, -0.2) is 21.1 Å². The zero-order chi connectivity index (χ0) is 23.2. The number of thioether (sulfide) groups is 1. The minimum atomic E-state index is -1.75. The molecular weight excluding hydrogens is 505 g/mol. The molecule has 2 aliphatic rings. The van der Waals surface area contributed by atoms with E-state index in [0.717, 1.165) is 59.8 Å². The number of nitrogens with one attached hydrogen (secondary N) is 1. The standard InChI is InChI=1S/C23H18Cl3N3O3S/c24-23(25,26)21-28-17-10-14(9-15(19(17)32-21)13-4-2-1-3-5-13)16-7-6-12(11-27-16)8-18-20(30)29-22(31)33-18/h6-11,13H,1-5H2,(H,29,30,31)/b18-8-. The van der Waals surface area contributed by atoms with Crippen LogP contribution in [0.5, 0.6) is 0 Å². The molecule has 2 aromatic heterocycles. The van der Waals surface area contributed by atoms with Gasteiger partial charge in [-0.3, -0.25) is 19.9 Å². The predicted molar refractivity (Wildman–Crippen MR) is 131 cm³/mol. The number of aromatic nitrogens is 2. The van der Waals surface area contributed by atoms with Crippen LogP contribution in [0, 0.1) is 0 Å². The van der Waals surface area contributed by atoms with Crippen LogP contribution in [0.2, 0.25) is 0 Å². The molecule has 1 N–H and O–H groups in total. The Bertz CT molecular complexity index is 1280. The highest BCUT2D eigenvalue weighted by Crippen LogP contribution is 2.43. The zero-order valence-corrected chi connectivity index (χ0v) is 20.3. The van der Waals surface area contributed by atoms with Gasteiger partial charge in [0.15, 0.2) is 5.58 Å². The van der Waals surface area contributed by atoms with Crippen LogP contribution in [0.25, 0.3) is 28.4 Å². The number of hydrogen-bond acceptors (Lipinski definition) is 6. The number of rotatable bonds is 3. The third kappa shape index (κ3) is 4.78. The predicted octanol–water partition coefficient (Wildman–Crippen LogP) is 7.09. The summed E-state index contributed by atoms with van der Waals surface area (Å²) in [6.07, 6.45) is 9.01. The number of carbonyl (C=O) groups is 2. The van der Waals surface area contributed by atoms with Crippen LogP contribution in [0.4, 0.5) is 4.79 Å². The highest BCUT2D eigenvalue weighted by Gasteiger charge is 2.31. The van der Waals surface area contributed by atoms with Crippen molar-refractivity contribution in [2.45, 2.75) is 41.8 Å². The average molecular weight is 523 g/mol. The first-order valence-electron chi connectivity index (χ1n) is 10.5. The molecule has 1 aliphatic heterocycles. The maximum Gasteiger partial charge on any atom is 0.290 e. The molecule has 10 heteroatoms. The maximum atomic E-state index is 11.8. The Balaban J connectivity index is 1.54. The molecule has 3 aromatic rings. The Hall–Kier alpha value is -2.06. The van der Waals surface area contributed by atoms with Gasteiger partial charge in [0.25, 0.3) is 14.9 Å². The number of hydrogen-bond donors (Lipinski definition) is 1. The molecule has 2 amide bonds. The van der Waals surface area contributed by atoms with E-state index in [9.17, 15) is 9.59 Å². The first kappa shape index (κ1) is 22.7. The Labute approximate surface area is 209 Å². The molecule has 170 valence electrons. The van der Waals surface area contributed by atoms with E-state index in [1.807, 2.05) is 18.2 Å². The Morgan fingerprint density at radius 1 is 1.12 bits per heavy atom. The van der Waals surface area contributed by atoms with Gasteiger partial charge in [-0.15, -0.1) is 0 Å². The lowest BCUT2D eigenvalue weighted by molar-refractivity contribution is -0.115. The van der Waals surface area contributed by atoms with Gasteiger partial charge in [-0.25, -0.2) is 4.98 Å². The van der Waals surface area contributed by atoms with Gasteiger partial charge < -0.3 is 4.42 Å². The Morgan fingerprint density at radius 2 is 1.91 bits per heavy atom. The van der Waals surface area contributed by atoms with E-state index in [1.165, 1.54) is 6.42 Å². The monoisotopic (exact) mass is 521 g/mol. The summed E-state index contributed by atoms with van der Waals surface area (Å²) < 4.78 is 4.17. The van der Waals surface area contributed by atoms with Gasteiger partial charge in [-0.05, 0) is 60.4 Å². The smallest absolute Gasteiger partial charge is 0.290 e. The van der Waals surface area contributed by atoms with Crippen LogP contribution in [-0.2, 0) is 8.59 Å². The second-order valence-corrected chi connectivity index (χ2v) is 11.4. The highest BCUT2D eigenvalue weighted by atomic mass is 35.6. The van der Waals surface area contributed by atoms with Gasteiger partial charge in [0, 0.05) is 17.3 Å². The summed E-state index contributed by atoms with van der Waals surface area (Å²) >= 11 is 19.0. The molecule has 0 bridgehead atoms. The summed E-state index contributed by atoms with van der Waals surface area (Å²) in [7, 11) is 0. The number of nitrogens with zero attached hydrogens (tertiary/aromatic N) is 2. The molecule has 6 nitrogen and oxygen atoms in total. The fourth-order valence-corrected chi connectivity index (χ4v) is 5.20. The number of imide groups is 1. The SMILES string of the molecule is O=C1NC(=O)/C(=C/c2ccc(-c3cc(C4CCCCC4)c4oc(C(Cl)(Cl)Cl)nc4c3)nc2)S1. The van der Waals surface area contributed by atoms with Gasteiger partial charge in [0.05, 0.1) is 10.6 Å². The second-order valence-electron chi connectivity index (χ2n) is 8.09. The Kier molecular flexibility index (Phi) is 6.16. The van der Waals surface area contributed by atoms with Crippen LogP contribution in [0.3, 0.4) is 0 Å². The van der Waals surface area contributed by atoms with Crippen molar-refractivity contribution in [3.8, 4) is 11.3 Å². The van der Waals surface area contributed by atoms with E-state index >= 15 is 0 Å². The lowest BCUT2D eigenvalue weighted by atomic mass is 9.83. The first-order chi connectivity index (χ1) is 15.8. The number of carbonyl (C=O) groups excluding carboxylic acids is 2. The van der Waals surface area contributed by atoms with E-state index in [2.05, 4.69) is 21.4 Å². The fourth-order valence-electron chi connectivity index (χ4n) is 4.28. The van der Waals surface area contributed by atoms with Crippen molar-refractivity contribution < 1.29 is 14.0 Å². The summed E-state index contributed by atoms with van der Waals surface area (Å²) in [5.74, 6) is -0.00205. The topological polar surface area (TPSA) is 85.1 Å². The number of pyridine rings is 1. The van der Waals surface area contributed by atoms with Crippen molar-refractivity contribution >= 4 is 74.9 Å². The van der Waals surface area contributed by atoms with Crippen molar-refractivity contribution in [3.63, 3.8) is 0 Å². The van der Waals surface area contributed by atoms with Crippen LogP contribution >= 0.6 is 46.6 Å². The third-order valence-corrected chi connectivity index (χ3v) is 7.12. The largest absolute Gasteiger partial charge is 0.436 e. The van der Waals surface area contributed by atoms with Gasteiger partial charge >= 0.3 is 0 Å². The van der Waals surface area contributed by atoms with Gasteiger partial charge in [-0.1, -0.05) is 60.1 Å². The van der Waals surface area contributed by atoms with E-state index in [-0.39, 0.29) is 11.1 Å². The minimum absolute atomic E-state index is 0.0496. The number of amides is 2. The van der Waals surface area contributed by atoms with Crippen molar-refractivity contribution in [2.75, 3.05) is 0 Å². The molecule has 1 saturated carbocycles. The number of oxazole rings is 1. The molecule has 0 atom stereocenters. The maximum absolute atomic E-state index is 11.8. The number of benzene rings is 1. The van der Waals surface area contributed by atoms with Gasteiger partial charge in [0.2, 0.25) is 5.89 Å². The van der Waals surface area contributed by atoms with Crippen molar-refractivity contribution in [3.05, 3.63) is 52.4 Å². The summed E-state index contributed by atoms with van der Waals surface area (Å²) in [4.78, 5) is 32.5. The second kappa shape index (κ2) is 8.95. The van der Waals surface area contributed by atoms with Gasteiger partial charge in [-0.2, -0.15) is 0 Å². The fraction of sp³-hybridized carbons (Fsp3) is 0.304. The molecule has 0 radical (unpaired) electrons. The zero-order valence-electron chi connectivity index (χ0n) is 17.2. The molecule has 2 fully saturated rings. The van der Waals surface area contributed by atoms with Crippen molar-refractivity contribution in [1.29, 1.82) is 0 Å². The quantitative estimate of drug-likeness (QED) is 0.292. The molecule has 1 saturated heterocycles. The lowest BCUT2D eigenvalue weighted by Gasteiger charge is -2.22. The molecule has 0 unspecified atom stereocenters. The average Bonchev–Trinajstić information content (AvgIpc) is 3.37. The number of alkyl halides is 3. The van der Waals surface area contributed by atoms with Crippen LogP contribution in [0.15, 0.2) is 39.8 Å². The molecule has 5 rings (SSSR count). The van der Waals surface area contributed by atoms with E-state index in [0.29, 0.717) is 21.9 Å². The van der Waals surface area contributed by atoms with Crippen LogP contribution in [0.1, 0.15) is 55.0 Å². The summed E-state index contributed by atoms with van der Waals surface area (Å²) in [5, 5.41) is 1.87. The molecule has 0 spiro atoms. The molecule has 1 aliphatic carbocycles. The minimum Gasteiger partial charge on any atom is -0.436 e. The van der Waals surface area contributed by atoms with Crippen LogP contribution < -0.4 is 5.32 Å². The van der Waals surface area contributed by atoms with Crippen molar-refractivity contribution in [1.82, 2.24) is 15.3 Å². The number of halogens is 3. The highest BCUT2D eigenvalue weighted by molar-refractivity contribution is 8.18. The lowest BCUT2D eigenvalue weighted by Crippen LogP contribution is -2.17. The molecule has 33 heavy (non-hydrogen) atoms.